The van der Waals surface area contributed by atoms with Crippen LogP contribution in [0.1, 0.15) is 23.6 Å². The highest BCUT2D eigenvalue weighted by Crippen LogP contribution is 2.21. The first-order chi connectivity index (χ1) is 9.33. The first-order valence-corrected chi connectivity index (χ1v) is 6.32. The predicted octanol–water partition coefficient (Wildman–Crippen LogP) is 2.23. The summed E-state index contributed by atoms with van der Waals surface area (Å²) in [6.07, 6.45) is 5.38. The van der Waals surface area contributed by atoms with Crippen LogP contribution >= 0.6 is 0 Å². The van der Waals surface area contributed by atoms with Gasteiger partial charge in [0.25, 0.3) is 0 Å². The molecule has 0 saturated carbocycles. The molecule has 4 heteroatoms. The zero-order valence-electron chi connectivity index (χ0n) is 11.0. The van der Waals surface area contributed by atoms with E-state index in [4.69, 9.17) is 10.6 Å². The van der Waals surface area contributed by atoms with E-state index in [0.717, 1.165) is 24.2 Å². The second-order valence-electron chi connectivity index (χ2n) is 4.40. The van der Waals surface area contributed by atoms with Gasteiger partial charge in [-0.2, -0.15) is 0 Å². The summed E-state index contributed by atoms with van der Waals surface area (Å²) in [5.74, 6) is 6.39. The maximum Gasteiger partial charge on any atom is 0.137 e. The zero-order valence-corrected chi connectivity index (χ0v) is 11.0. The molecular weight excluding hydrogens is 238 g/mol. The molecule has 0 aliphatic rings. The second kappa shape index (κ2) is 6.87. The Hall–Kier alpha value is -1.91. The van der Waals surface area contributed by atoms with Gasteiger partial charge in [0.1, 0.15) is 5.75 Å². The van der Waals surface area contributed by atoms with Crippen molar-refractivity contribution in [2.24, 2.45) is 5.84 Å². The van der Waals surface area contributed by atoms with E-state index in [1.807, 2.05) is 30.5 Å². The van der Waals surface area contributed by atoms with E-state index >= 15 is 0 Å². The average Bonchev–Trinajstić information content (AvgIpc) is 2.49. The fraction of sp³-hybridized carbons (Fsp3) is 0.267. The highest BCUT2D eigenvalue weighted by molar-refractivity contribution is 5.26. The summed E-state index contributed by atoms with van der Waals surface area (Å²) in [5, 5.41) is 0. The third-order valence-electron chi connectivity index (χ3n) is 3.14. The van der Waals surface area contributed by atoms with E-state index in [1.54, 1.807) is 13.3 Å². The number of nitrogens with one attached hydrogen (secondary N) is 1. The number of benzene rings is 1. The summed E-state index contributed by atoms with van der Waals surface area (Å²) in [7, 11) is 1.63. The lowest BCUT2D eigenvalue weighted by Gasteiger charge is -2.16. The molecule has 2 aromatic rings. The molecule has 1 atom stereocenters. The molecule has 2 rings (SSSR count). The maximum atomic E-state index is 5.64. The number of methoxy groups -OCH3 is 1. The topological polar surface area (TPSA) is 60.2 Å². The normalized spacial score (nSPS) is 12.1. The van der Waals surface area contributed by atoms with Gasteiger partial charge in [0.05, 0.1) is 13.3 Å². The van der Waals surface area contributed by atoms with Gasteiger partial charge in [0.15, 0.2) is 0 Å². The van der Waals surface area contributed by atoms with Crippen LogP contribution < -0.4 is 16.0 Å². The second-order valence-corrected chi connectivity index (χ2v) is 4.40. The number of aromatic nitrogens is 1. The number of hydrogen-bond acceptors (Lipinski definition) is 4. The van der Waals surface area contributed by atoms with Crippen LogP contribution in [0.3, 0.4) is 0 Å². The number of pyridine rings is 1. The largest absolute Gasteiger partial charge is 0.495 e. The van der Waals surface area contributed by atoms with Crippen LogP contribution in [-0.4, -0.2) is 12.1 Å². The van der Waals surface area contributed by atoms with Crippen LogP contribution in [0.2, 0.25) is 0 Å². The summed E-state index contributed by atoms with van der Waals surface area (Å²) >= 11 is 0. The lowest BCUT2D eigenvalue weighted by atomic mass is 10.0. The van der Waals surface area contributed by atoms with Gasteiger partial charge in [-0.1, -0.05) is 30.3 Å². The van der Waals surface area contributed by atoms with Crippen molar-refractivity contribution in [1.82, 2.24) is 10.4 Å². The molecule has 1 aromatic heterocycles. The molecule has 3 N–H and O–H groups in total. The number of ether oxygens (including phenoxy) is 1. The van der Waals surface area contributed by atoms with Crippen LogP contribution in [-0.2, 0) is 6.42 Å². The van der Waals surface area contributed by atoms with Gasteiger partial charge in [-0.25, -0.2) is 0 Å². The first kappa shape index (κ1) is 13.5. The van der Waals surface area contributed by atoms with Crippen molar-refractivity contribution in [2.45, 2.75) is 18.9 Å². The van der Waals surface area contributed by atoms with Gasteiger partial charge in [-0.05, 0) is 30.0 Å². The van der Waals surface area contributed by atoms with Gasteiger partial charge in [0, 0.05) is 12.2 Å². The van der Waals surface area contributed by atoms with Crippen LogP contribution in [0.25, 0.3) is 0 Å². The van der Waals surface area contributed by atoms with Crippen LogP contribution in [0.15, 0.2) is 48.8 Å². The molecule has 0 bridgehead atoms. The van der Waals surface area contributed by atoms with E-state index < -0.39 is 0 Å². The van der Waals surface area contributed by atoms with Gasteiger partial charge < -0.3 is 4.74 Å². The summed E-state index contributed by atoms with van der Waals surface area (Å²) in [6.45, 7) is 0. The summed E-state index contributed by atoms with van der Waals surface area (Å²) in [6, 6.07) is 12.4. The van der Waals surface area contributed by atoms with E-state index in [9.17, 15) is 0 Å². The van der Waals surface area contributed by atoms with E-state index in [1.165, 1.54) is 5.56 Å². The number of rotatable bonds is 6. The predicted molar refractivity (Wildman–Crippen MR) is 75.6 cm³/mol. The Kier molecular flexibility index (Phi) is 4.89. The monoisotopic (exact) mass is 257 g/mol. The molecule has 1 aromatic carbocycles. The Balaban J connectivity index is 2.03. The van der Waals surface area contributed by atoms with Crippen molar-refractivity contribution in [2.75, 3.05) is 7.11 Å². The zero-order chi connectivity index (χ0) is 13.5. The minimum absolute atomic E-state index is 0.0720. The van der Waals surface area contributed by atoms with Crippen molar-refractivity contribution in [3.63, 3.8) is 0 Å². The molecule has 0 amide bonds. The minimum Gasteiger partial charge on any atom is -0.495 e. The lowest BCUT2D eigenvalue weighted by molar-refractivity contribution is 0.410. The molecule has 0 spiro atoms. The molecule has 0 aliphatic carbocycles. The van der Waals surface area contributed by atoms with Gasteiger partial charge >= 0.3 is 0 Å². The highest BCUT2D eigenvalue weighted by Gasteiger charge is 2.11. The molecule has 1 unspecified atom stereocenters. The summed E-state index contributed by atoms with van der Waals surface area (Å²) in [5.41, 5.74) is 5.19. The average molecular weight is 257 g/mol. The Labute approximate surface area is 113 Å². The number of nitrogens with two attached hydrogens (primary N) is 1. The van der Waals surface area contributed by atoms with Crippen molar-refractivity contribution < 1.29 is 4.74 Å². The fourth-order valence-corrected chi connectivity index (χ4v) is 2.04. The molecule has 1 heterocycles. The molecular formula is C15H19N3O. The molecule has 0 aliphatic heterocycles. The van der Waals surface area contributed by atoms with E-state index in [-0.39, 0.29) is 6.04 Å². The standard InChI is InChI=1S/C15H19N3O/c1-19-14-9-13(10-17-11-14)15(18-16)8-7-12-5-3-2-4-6-12/h2-6,9-11,15,18H,7-8,16H2,1H3. The van der Waals surface area contributed by atoms with Crippen molar-refractivity contribution in [1.29, 1.82) is 0 Å². The Morgan fingerprint density at radius 1 is 1.26 bits per heavy atom. The first-order valence-electron chi connectivity index (χ1n) is 6.32. The van der Waals surface area contributed by atoms with Gasteiger partial charge in [-0.15, -0.1) is 0 Å². The van der Waals surface area contributed by atoms with E-state index in [0.29, 0.717) is 0 Å². The van der Waals surface area contributed by atoms with Crippen LogP contribution in [0, 0.1) is 0 Å². The minimum atomic E-state index is 0.0720. The van der Waals surface area contributed by atoms with Crippen LogP contribution in [0.5, 0.6) is 5.75 Å². The van der Waals surface area contributed by atoms with E-state index in [2.05, 4.69) is 22.5 Å². The SMILES string of the molecule is COc1cncc(C(CCc2ccccc2)NN)c1. The molecule has 0 saturated heterocycles. The molecule has 0 fully saturated rings. The van der Waals surface area contributed by atoms with Gasteiger partial charge in [0.2, 0.25) is 0 Å². The Morgan fingerprint density at radius 3 is 2.74 bits per heavy atom. The summed E-state index contributed by atoms with van der Waals surface area (Å²) < 4.78 is 5.18. The molecule has 0 radical (unpaired) electrons. The number of hydrogen-bond donors (Lipinski definition) is 2. The quantitative estimate of drug-likeness (QED) is 0.615. The Morgan fingerprint density at radius 2 is 2.05 bits per heavy atom. The Bertz CT molecular complexity index is 502. The lowest BCUT2D eigenvalue weighted by Crippen LogP contribution is -2.28. The fourth-order valence-electron chi connectivity index (χ4n) is 2.04. The number of aryl methyl sites for hydroxylation is 1. The van der Waals surface area contributed by atoms with Crippen molar-refractivity contribution in [3.8, 4) is 5.75 Å². The van der Waals surface area contributed by atoms with Crippen LogP contribution in [0.4, 0.5) is 0 Å². The van der Waals surface area contributed by atoms with Crippen molar-refractivity contribution >= 4 is 0 Å². The number of hydrazine groups is 1. The summed E-state index contributed by atoms with van der Waals surface area (Å²) in [4.78, 5) is 4.16. The molecule has 100 valence electrons. The third kappa shape index (κ3) is 3.77. The molecule has 19 heavy (non-hydrogen) atoms. The van der Waals surface area contributed by atoms with Gasteiger partial charge in [-0.3, -0.25) is 16.3 Å². The smallest absolute Gasteiger partial charge is 0.137 e. The molecule has 4 nitrogen and oxygen atoms in total. The third-order valence-corrected chi connectivity index (χ3v) is 3.14. The maximum absolute atomic E-state index is 5.64. The number of nitrogens with zero attached hydrogens (tertiary/aromatic N) is 1. The van der Waals surface area contributed by atoms with Crippen molar-refractivity contribution in [3.05, 3.63) is 59.9 Å². The highest BCUT2D eigenvalue weighted by atomic mass is 16.5.